The number of ether oxygens (including phenoxy) is 2. The number of benzene rings is 2. The Kier molecular flexibility index (Phi) is 6.89. The lowest BCUT2D eigenvalue weighted by atomic mass is 10.1. The summed E-state index contributed by atoms with van der Waals surface area (Å²) in [6.45, 7) is 2.37. The van der Waals surface area contributed by atoms with Crippen molar-refractivity contribution in [3.8, 4) is 0 Å². The van der Waals surface area contributed by atoms with Crippen LogP contribution in [0, 0.1) is 6.92 Å². The van der Waals surface area contributed by atoms with E-state index in [1.54, 1.807) is 30.3 Å². The maximum atomic E-state index is 12.5. The molecular weight excluding hydrogens is 388 g/mol. The Morgan fingerprint density at radius 3 is 2.63 bits per heavy atom. The summed E-state index contributed by atoms with van der Waals surface area (Å²) in [6, 6.07) is 13.7. The third-order valence-corrected chi connectivity index (χ3v) is 5.89. The van der Waals surface area contributed by atoms with Crippen molar-refractivity contribution in [3.63, 3.8) is 0 Å². The highest BCUT2D eigenvalue weighted by Gasteiger charge is 2.25. The van der Waals surface area contributed by atoms with E-state index in [0.29, 0.717) is 11.6 Å². The molecule has 0 bridgehead atoms. The van der Waals surface area contributed by atoms with Crippen molar-refractivity contribution in [2.24, 2.45) is 0 Å². The van der Waals surface area contributed by atoms with Crippen molar-refractivity contribution >= 4 is 21.7 Å². The summed E-state index contributed by atoms with van der Waals surface area (Å²) in [5.41, 5.74) is 1.72. The smallest absolute Gasteiger partial charge is 0.297 e. The van der Waals surface area contributed by atoms with Crippen molar-refractivity contribution in [3.05, 3.63) is 64.7 Å². The van der Waals surface area contributed by atoms with Gasteiger partial charge < -0.3 is 9.47 Å². The van der Waals surface area contributed by atoms with Crippen molar-refractivity contribution < 1.29 is 22.1 Å². The average molecular weight is 411 g/mol. The first-order chi connectivity index (χ1) is 12.9. The first kappa shape index (κ1) is 20.3. The zero-order chi connectivity index (χ0) is 19.3. The normalized spacial score (nSPS) is 19.0. The van der Waals surface area contributed by atoms with Gasteiger partial charge in [0.15, 0.2) is 6.29 Å². The molecule has 0 radical (unpaired) electrons. The van der Waals surface area contributed by atoms with Gasteiger partial charge in [0.05, 0.1) is 11.5 Å². The highest BCUT2D eigenvalue weighted by molar-refractivity contribution is 7.86. The van der Waals surface area contributed by atoms with E-state index in [4.69, 9.17) is 25.3 Å². The van der Waals surface area contributed by atoms with E-state index in [1.807, 2.05) is 13.0 Å². The molecule has 1 saturated heterocycles. The molecule has 0 aromatic heterocycles. The molecule has 0 spiro atoms. The lowest BCUT2D eigenvalue weighted by Gasteiger charge is -2.28. The fraction of sp³-hybridized carbons (Fsp3) is 0.400. The molecule has 0 N–H and O–H groups in total. The van der Waals surface area contributed by atoms with E-state index in [9.17, 15) is 8.42 Å². The van der Waals surface area contributed by atoms with Crippen LogP contribution in [0.3, 0.4) is 0 Å². The Hall–Kier alpha value is -1.44. The summed E-state index contributed by atoms with van der Waals surface area (Å²) in [4.78, 5) is 0.117. The van der Waals surface area contributed by atoms with Crippen LogP contribution < -0.4 is 0 Å². The third-order valence-electron chi connectivity index (χ3n) is 4.36. The fourth-order valence-corrected chi connectivity index (χ4v) is 3.95. The molecule has 1 aliphatic rings. The maximum Gasteiger partial charge on any atom is 0.297 e. The Morgan fingerprint density at radius 1 is 1.19 bits per heavy atom. The predicted octanol–water partition coefficient (Wildman–Crippen LogP) is 4.64. The molecule has 0 amide bonds. The van der Waals surface area contributed by atoms with Gasteiger partial charge in [-0.15, -0.1) is 0 Å². The summed E-state index contributed by atoms with van der Waals surface area (Å²) in [5, 5.41) is 0.548. The second kappa shape index (κ2) is 9.17. The average Bonchev–Trinajstić information content (AvgIpc) is 2.66. The van der Waals surface area contributed by atoms with Gasteiger partial charge in [0, 0.05) is 11.6 Å². The molecule has 1 heterocycles. The zero-order valence-electron chi connectivity index (χ0n) is 15.1. The second-order valence-corrected chi connectivity index (χ2v) is 8.58. The SMILES string of the molecule is Cc1ccc(S(=O)(=O)OC[C@@H](OC2CCCCO2)c2cccc(Cl)c2)cc1. The molecule has 146 valence electrons. The molecule has 7 heteroatoms. The maximum absolute atomic E-state index is 12.5. The summed E-state index contributed by atoms with van der Waals surface area (Å²) in [6.07, 6.45) is 1.79. The highest BCUT2D eigenvalue weighted by atomic mass is 35.5. The van der Waals surface area contributed by atoms with E-state index in [-0.39, 0.29) is 17.8 Å². The lowest BCUT2D eigenvalue weighted by Crippen LogP contribution is -2.27. The Balaban J connectivity index is 1.75. The number of halogens is 1. The highest BCUT2D eigenvalue weighted by Crippen LogP contribution is 2.27. The number of aryl methyl sites for hydroxylation is 1. The monoisotopic (exact) mass is 410 g/mol. The predicted molar refractivity (Wildman–Crippen MR) is 103 cm³/mol. The van der Waals surface area contributed by atoms with Crippen LogP contribution in [-0.2, 0) is 23.8 Å². The summed E-state index contributed by atoms with van der Waals surface area (Å²) in [5.74, 6) is 0. The van der Waals surface area contributed by atoms with Gasteiger partial charge in [-0.3, -0.25) is 4.18 Å². The molecule has 5 nitrogen and oxygen atoms in total. The van der Waals surface area contributed by atoms with Gasteiger partial charge in [0.25, 0.3) is 10.1 Å². The standard InChI is InChI=1S/C20H23ClO5S/c1-15-8-10-18(11-9-15)27(22,23)25-14-19(16-5-4-6-17(21)13-16)26-20-7-2-3-12-24-20/h4-6,8-11,13,19-20H,2-3,7,12,14H2,1H3/t19-,20?/m1/s1. The van der Waals surface area contributed by atoms with Crippen LogP contribution in [0.15, 0.2) is 53.4 Å². The summed E-state index contributed by atoms with van der Waals surface area (Å²) in [7, 11) is -3.88. The van der Waals surface area contributed by atoms with Gasteiger partial charge in [-0.25, -0.2) is 0 Å². The van der Waals surface area contributed by atoms with Crippen molar-refractivity contribution in [1.29, 1.82) is 0 Å². The lowest BCUT2D eigenvalue weighted by molar-refractivity contribution is -0.195. The van der Waals surface area contributed by atoms with Crippen LogP contribution in [0.4, 0.5) is 0 Å². The Bertz CT molecular complexity index is 845. The topological polar surface area (TPSA) is 61.8 Å². The Labute approximate surface area is 165 Å². The molecule has 27 heavy (non-hydrogen) atoms. The first-order valence-electron chi connectivity index (χ1n) is 8.93. The molecule has 1 unspecified atom stereocenters. The van der Waals surface area contributed by atoms with E-state index >= 15 is 0 Å². The summed E-state index contributed by atoms with van der Waals surface area (Å²) >= 11 is 6.09. The zero-order valence-corrected chi connectivity index (χ0v) is 16.7. The largest absolute Gasteiger partial charge is 0.353 e. The van der Waals surface area contributed by atoms with Crippen molar-refractivity contribution in [1.82, 2.24) is 0 Å². The second-order valence-electron chi connectivity index (χ2n) is 6.53. The van der Waals surface area contributed by atoms with Gasteiger partial charge in [-0.05, 0) is 56.0 Å². The molecular formula is C20H23ClO5S. The van der Waals surface area contributed by atoms with E-state index in [2.05, 4.69) is 0 Å². The van der Waals surface area contributed by atoms with E-state index < -0.39 is 16.2 Å². The Morgan fingerprint density at radius 2 is 1.96 bits per heavy atom. The van der Waals surface area contributed by atoms with Gasteiger partial charge in [-0.2, -0.15) is 8.42 Å². The van der Waals surface area contributed by atoms with E-state index in [0.717, 1.165) is 30.4 Å². The van der Waals surface area contributed by atoms with Gasteiger partial charge in [0.1, 0.15) is 6.10 Å². The molecule has 2 aromatic carbocycles. The van der Waals surface area contributed by atoms with Crippen LogP contribution in [0.25, 0.3) is 0 Å². The minimum absolute atomic E-state index is 0.117. The van der Waals surface area contributed by atoms with Gasteiger partial charge in [-0.1, -0.05) is 41.4 Å². The van der Waals surface area contributed by atoms with Crippen molar-refractivity contribution in [2.45, 2.75) is 43.5 Å². The molecule has 1 aliphatic heterocycles. The van der Waals surface area contributed by atoms with Gasteiger partial charge >= 0.3 is 0 Å². The van der Waals surface area contributed by atoms with Crippen molar-refractivity contribution in [2.75, 3.05) is 13.2 Å². The molecule has 0 aliphatic carbocycles. The molecule has 3 rings (SSSR count). The number of rotatable bonds is 7. The number of hydrogen-bond donors (Lipinski definition) is 0. The molecule has 2 aromatic rings. The van der Waals surface area contributed by atoms with Crippen LogP contribution >= 0.6 is 11.6 Å². The van der Waals surface area contributed by atoms with Crippen LogP contribution in [-0.4, -0.2) is 27.9 Å². The summed E-state index contributed by atoms with van der Waals surface area (Å²) < 4.78 is 42.0. The molecule has 1 fully saturated rings. The van der Waals surface area contributed by atoms with Gasteiger partial charge in [0.2, 0.25) is 0 Å². The fourth-order valence-electron chi connectivity index (χ4n) is 2.85. The molecule has 0 saturated carbocycles. The quantitative estimate of drug-likeness (QED) is 0.622. The van der Waals surface area contributed by atoms with Crippen LogP contribution in [0.2, 0.25) is 5.02 Å². The number of hydrogen-bond acceptors (Lipinski definition) is 5. The van der Waals surface area contributed by atoms with Crippen LogP contribution in [0.5, 0.6) is 0 Å². The first-order valence-corrected chi connectivity index (χ1v) is 10.7. The minimum atomic E-state index is -3.88. The molecule has 2 atom stereocenters. The third kappa shape index (κ3) is 5.77. The minimum Gasteiger partial charge on any atom is -0.353 e. The van der Waals surface area contributed by atoms with Crippen LogP contribution in [0.1, 0.15) is 36.5 Å². The van der Waals surface area contributed by atoms with E-state index in [1.165, 1.54) is 12.1 Å².